The molecule has 64 valence electrons. The first kappa shape index (κ1) is 9.34. The van der Waals surface area contributed by atoms with Crippen molar-refractivity contribution in [2.75, 3.05) is 0 Å². The van der Waals surface area contributed by atoms with Gasteiger partial charge in [-0.15, -0.1) is 11.6 Å². The molecular formula is C11H13Cl. The summed E-state index contributed by atoms with van der Waals surface area (Å²) in [7, 11) is 0. The fourth-order valence-corrected chi connectivity index (χ4v) is 0.988. The molecule has 0 saturated heterocycles. The number of hydrogen-bond acceptors (Lipinski definition) is 0. The average Bonchev–Trinajstić information content (AvgIpc) is 2.16. The van der Waals surface area contributed by atoms with Gasteiger partial charge in [0, 0.05) is 0 Å². The van der Waals surface area contributed by atoms with E-state index in [2.05, 4.69) is 25.1 Å². The first-order valence-corrected chi connectivity index (χ1v) is 4.64. The Bertz CT molecular complexity index is 238. The summed E-state index contributed by atoms with van der Waals surface area (Å²) in [6.45, 7) is 2.08. The zero-order valence-corrected chi connectivity index (χ0v) is 7.96. The number of allylic oxidation sites excluding steroid dienone is 1. The van der Waals surface area contributed by atoms with Gasteiger partial charge in [-0.3, -0.25) is 0 Å². The molecule has 0 bridgehead atoms. The van der Waals surface area contributed by atoms with Gasteiger partial charge >= 0.3 is 0 Å². The van der Waals surface area contributed by atoms with E-state index < -0.39 is 0 Å². The molecule has 1 rings (SSSR count). The van der Waals surface area contributed by atoms with E-state index in [1.807, 2.05) is 24.3 Å². The fourth-order valence-electron chi connectivity index (χ4n) is 0.916. The van der Waals surface area contributed by atoms with Crippen molar-refractivity contribution in [3.8, 4) is 0 Å². The zero-order valence-electron chi connectivity index (χ0n) is 7.20. The predicted molar refractivity (Wildman–Crippen MR) is 55.4 cm³/mol. The molecule has 1 aromatic carbocycles. The van der Waals surface area contributed by atoms with Crippen LogP contribution in [0.2, 0.25) is 0 Å². The van der Waals surface area contributed by atoms with Crippen LogP contribution in [0.25, 0.3) is 6.08 Å². The Labute approximate surface area is 78.9 Å². The fraction of sp³-hybridized carbons (Fsp3) is 0.273. The molecule has 12 heavy (non-hydrogen) atoms. The highest BCUT2D eigenvalue weighted by atomic mass is 35.5. The molecule has 0 spiro atoms. The van der Waals surface area contributed by atoms with E-state index >= 15 is 0 Å². The highest BCUT2D eigenvalue weighted by Gasteiger charge is 1.92. The van der Waals surface area contributed by atoms with Gasteiger partial charge in [-0.2, -0.15) is 0 Å². The Morgan fingerprint density at radius 1 is 1.33 bits per heavy atom. The Kier molecular flexibility index (Phi) is 3.89. The lowest BCUT2D eigenvalue weighted by Crippen LogP contribution is -1.87. The molecule has 0 saturated carbocycles. The van der Waals surface area contributed by atoms with E-state index in [1.54, 1.807) is 0 Å². The SMILES string of the molecule is CCC(Cl)/C=C/c1ccccc1. The van der Waals surface area contributed by atoms with E-state index in [-0.39, 0.29) is 5.38 Å². The summed E-state index contributed by atoms with van der Waals surface area (Å²) in [5.41, 5.74) is 1.21. The summed E-state index contributed by atoms with van der Waals surface area (Å²) in [6.07, 6.45) is 5.06. The van der Waals surface area contributed by atoms with Crippen molar-refractivity contribution in [1.82, 2.24) is 0 Å². The van der Waals surface area contributed by atoms with Gasteiger partial charge in [0.1, 0.15) is 0 Å². The minimum Gasteiger partial charge on any atom is -0.118 e. The summed E-state index contributed by atoms with van der Waals surface area (Å²) in [4.78, 5) is 0. The smallest absolute Gasteiger partial charge is 0.0516 e. The second-order valence-corrected chi connectivity index (χ2v) is 3.25. The van der Waals surface area contributed by atoms with Crippen LogP contribution in [0.1, 0.15) is 18.9 Å². The molecule has 0 aliphatic heterocycles. The molecule has 1 aromatic rings. The topological polar surface area (TPSA) is 0 Å². The third-order valence-electron chi connectivity index (χ3n) is 1.69. The predicted octanol–water partition coefficient (Wildman–Crippen LogP) is 3.72. The van der Waals surface area contributed by atoms with Crippen LogP contribution in [0.4, 0.5) is 0 Å². The molecule has 0 N–H and O–H groups in total. The number of hydrogen-bond donors (Lipinski definition) is 0. The van der Waals surface area contributed by atoms with Gasteiger partial charge in [-0.1, -0.05) is 49.4 Å². The Hall–Kier alpha value is -0.750. The molecule has 0 aliphatic carbocycles. The Morgan fingerprint density at radius 2 is 2.00 bits per heavy atom. The first-order chi connectivity index (χ1) is 5.83. The molecule has 1 atom stereocenters. The van der Waals surface area contributed by atoms with Crippen LogP contribution < -0.4 is 0 Å². The van der Waals surface area contributed by atoms with Gasteiger partial charge in [-0.05, 0) is 12.0 Å². The van der Waals surface area contributed by atoms with Crippen molar-refractivity contribution in [2.24, 2.45) is 0 Å². The van der Waals surface area contributed by atoms with Crippen LogP contribution in [0.3, 0.4) is 0 Å². The maximum Gasteiger partial charge on any atom is 0.0516 e. The summed E-state index contributed by atoms with van der Waals surface area (Å²) in [6, 6.07) is 10.2. The highest BCUT2D eigenvalue weighted by molar-refractivity contribution is 6.22. The third kappa shape index (κ3) is 3.10. The second kappa shape index (κ2) is 5.00. The van der Waals surface area contributed by atoms with Gasteiger partial charge in [0.15, 0.2) is 0 Å². The third-order valence-corrected chi connectivity index (χ3v) is 2.14. The highest BCUT2D eigenvalue weighted by Crippen LogP contribution is 2.07. The summed E-state index contributed by atoms with van der Waals surface area (Å²) in [5.74, 6) is 0. The largest absolute Gasteiger partial charge is 0.118 e. The molecule has 0 fully saturated rings. The molecule has 0 radical (unpaired) electrons. The van der Waals surface area contributed by atoms with Crippen LogP contribution in [-0.2, 0) is 0 Å². The van der Waals surface area contributed by atoms with E-state index in [1.165, 1.54) is 5.56 Å². The van der Waals surface area contributed by atoms with Crippen molar-refractivity contribution in [2.45, 2.75) is 18.7 Å². The maximum absolute atomic E-state index is 5.93. The average molecular weight is 181 g/mol. The van der Waals surface area contributed by atoms with Crippen molar-refractivity contribution in [3.63, 3.8) is 0 Å². The van der Waals surface area contributed by atoms with Gasteiger partial charge in [0.25, 0.3) is 0 Å². The minimum absolute atomic E-state index is 0.158. The number of rotatable bonds is 3. The van der Waals surface area contributed by atoms with Crippen LogP contribution in [0.5, 0.6) is 0 Å². The monoisotopic (exact) mass is 180 g/mol. The van der Waals surface area contributed by atoms with Crippen molar-refractivity contribution < 1.29 is 0 Å². The van der Waals surface area contributed by atoms with E-state index in [9.17, 15) is 0 Å². The Morgan fingerprint density at radius 3 is 2.58 bits per heavy atom. The summed E-state index contributed by atoms with van der Waals surface area (Å²) in [5, 5.41) is 0.158. The van der Waals surface area contributed by atoms with Crippen LogP contribution in [0, 0.1) is 0 Å². The number of benzene rings is 1. The zero-order chi connectivity index (χ0) is 8.81. The second-order valence-electron chi connectivity index (χ2n) is 2.69. The molecule has 0 heterocycles. The standard InChI is InChI=1S/C11H13Cl/c1-2-11(12)9-8-10-6-4-3-5-7-10/h3-9,11H,2H2,1H3/b9-8+. The molecule has 0 aliphatic rings. The van der Waals surface area contributed by atoms with Crippen molar-refractivity contribution in [3.05, 3.63) is 42.0 Å². The van der Waals surface area contributed by atoms with Gasteiger partial charge in [0.2, 0.25) is 0 Å². The molecule has 0 aromatic heterocycles. The van der Waals surface area contributed by atoms with E-state index in [0.717, 1.165) is 6.42 Å². The van der Waals surface area contributed by atoms with E-state index in [4.69, 9.17) is 11.6 Å². The van der Waals surface area contributed by atoms with E-state index in [0.29, 0.717) is 0 Å². The van der Waals surface area contributed by atoms with Crippen LogP contribution in [-0.4, -0.2) is 5.38 Å². The lowest BCUT2D eigenvalue weighted by atomic mass is 10.2. The maximum atomic E-state index is 5.93. The summed E-state index contributed by atoms with van der Waals surface area (Å²) >= 11 is 5.93. The van der Waals surface area contributed by atoms with Gasteiger partial charge in [0.05, 0.1) is 5.38 Å². The molecule has 0 amide bonds. The normalized spacial score (nSPS) is 13.5. The van der Waals surface area contributed by atoms with Gasteiger partial charge in [-0.25, -0.2) is 0 Å². The van der Waals surface area contributed by atoms with Crippen molar-refractivity contribution in [1.29, 1.82) is 0 Å². The molecule has 1 heteroatoms. The lowest BCUT2D eigenvalue weighted by Gasteiger charge is -1.96. The molecular weight excluding hydrogens is 168 g/mol. The van der Waals surface area contributed by atoms with Crippen molar-refractivity contribution >= 4 is 17.7 Å². The number of alkyl halides is 1. The number of halogens is 1. The lowest BCUT2D eigenvalue weighted by molar-refractivity contribution is 0.970. The van der Waals surface area contributed by atoms with Crippen LogP contribution in [0.15, 0.2) is 36.4 Å². The van der Waals surface area contributed by atoms with Gasteiger partial charge < -0.3 is 0 Å². The molecule has 1 unspecified atom stereocenters. The molecule has 0 nitrogen and oxygen atoms in total. The first-order valence-electron chi connectivity index (χ1n) is 4.20. The minimum atomic E-state index is 0.158. The summed E-state index contributed by atoms with van der Waals surface area (Å²) < 4.78 is 0. The van der Waals surface area contributed by atoms with Crippen LogP contribution >= 0.6 is 11.6 Å². The quantitative estimate of drug-likeness (QED) is 0.622. The Balaban J connectivity index is 2.58.